The first kappa shape index (κ1) is 22.1. The van der Waals surface area contributed by atoms with E-state index in [2.05, 4.69) is 29.6 Å². The largest absolute Gasteiger partial charge is 0.352 e. The van der Waals surface area contributed by atoms with Gasteiger partial charge >= 0.3 is 0 Å². The van der Waals surface area contributed by atoms with Crippen molar-refractivity contribution >= 4 is 41.8 Å². The Bertz CT molecular complexity index is 938. The molecule has 0 atom stereocenters. The van der Waals surface area contributed by atoms with Crippen molar-refractivity contribution in [2.75, 3.05) is 19.6 Å². The van der Waals surface area contributed by atoms with Crippen LogP contribution < -0.4 is 10.6 Å². The summed E-state index contributed by atoms with van der Waals surface area (Å²) in [5.41, 5.74) is 3.16. The van der Waals surface area contributed by atoms with Crippen molar-refractivity contribution < 1.29 is 4.79 Å². The molecule has 1 fully saturated rings. The SMILES string of the molecule is CC(C)n1ncc2c(C(=O)NCC3CNC3)cc(-c3ccccc3)nc21.Cl.Cl. The lowest BCUT2D eigenvalue weighted by molar-refractivity contribution is 0.0944. The maximum absolute atomic E-state index is 12.9. The third-order valence-corrected chi connectivity index (χ3v) is 4.79. The van der Waals surface area contributed by atoms with Gasteiger partial charge in [0, 0.05) is 37.2 Å². The fraction of sp³-hybridized carbons (Fsp3) is 0.350. The van der Waals surface area contributed by atoms with E-state index in [1.807, 2.05) is 41.1 Å². The highest BCUT2D eigenvalue weighted by molar-refractivity contribution is 6.06. The van der Waals surface area contributed by atoms with E-state index in [0.717, 1.165) is 35.4 Å². The van der Waals surface area contributed by atoms with E-state index in [9.17, 15) is 4.79 Å². The molecule has 1 amide bonds. The minimum Gasteiger partial charge on any atom is -0.352 e. The molecule has 3 heterocycles. The van der Waals surface area contributed by atoms with Crippen molar-refractivity contribution in [2.45, 2.75) is 19.9 Å². The first-order valence-corrected chi connectivity index (χ1v) is 9.06. The fourth-order valence-corrected chi connectivity index (χ4v) is 3.17. The van der Waals surface area contributed by atoms with Crippen molar-refractivity contribution in [1.82, 2.24) is 25.4 Å². The molecule has 0 radical (unpaired) electrons. The van der Waals surface area contributed by atoms with Crippen molar-refractivity contribution in [3.63, 3.8) is 0 Å². The number of pyridine rings is 1. The van der Waals surface area contributed by atoms with Crippen LogP contribution in [0, 0.1) is 5.92 Å². The predicted octanol–water partition coefficient (Wildman–Crippen LogP) is 3.47. The lowest BCUT2D eigenvalue weighted by Gasteiger charge is -2.27. The maximum atomic E-state index is 12.9. The molecule has 3 aromatic rings. The average Bonchev–Trinajstić information content (AvgIpc) is 3.04. The zero-order valence-electron chi connectivity index (χ0n) is 15.9. The average molecular weight is 422 g/mol. The van der Waals surface area contributed by atoms with Gasteiger partial charge in [0.05, 0.1) is 22.8 Å². The van der Waals surface area contributed by atoms with Gasteiger partial charge in [-0.3, -0.25) is 4.79 Å². The van der Waals surface area contributed by atoms with Gasteiger partial charge in [-0.05, 0) is 19.9 Å². The molecule has 0 saturated carbocycles. The molecular weight excluding hydrogens is 397 g/mol. The van der Waals surface area contributed by atoms with Crippen molar-refractivity contribution in [2.24, 2.45) is 5.92 Å². The molecular formula is C20H25Cl2N5O. The highest BCUT2D eigenvalue weighted by Gasteiger charge is 2.21. The molecule has 1 saturated heterocycles. The van der Waals surface area contributed by atoms with Crippen LogP contribution in [0.5, 0.6) is 0 Å². The quantitative estimate of drug-likeness (QED) is 0.661. The molecule has 6 nitrogen and oxygen atoms in total. The highest BCUT2D eigenvalue weighted by Crippen LogP contribution is 2.26. The minimum absolute atomic E-state index is 0. The first-order valence-electron chi connectivity index (χ1n) is 9.06. The van der Waals surface area contributed by atoms with Crippen LogP contribution in [0.2, 0.25) is 0 Å². The third kappa shape index (κ3) is 4.29. The summed E-state index contributed by atoms with van der Waals surface area (Å²) in [5.74, 6) is 0.452. The van der Waals surface area contributed by atoms with Crippen LogP contribution in [0.3, 0.4) is 0 Å². The van der Waals surface area contributed by atoms with Gasteiger partial charge in [-0.15, -0.1) is 24.8 Å². The Labute approximate surface area is 176 Å². The summed E-state index contributed by atoms with van der Waals surface area (Å²) in [6.45, 7) is 6.74. The molecule has 0 unspecified atom stereocenters. The monoisotopic (exact) mass is 421 g/mol. The summed E-state index contributed by atoms with van der Waals surface area (Å²) in [4.78, 5) is 17.7. The Balaban J connectivity index is 0.00000140. The van der Waals surface area contributed by atoms with E-state index in [-0.39, 0.29) is 36.8 Å². The number of hydrogen-bond donors (Lipinski definition) is 2. The Morgan fingerprint density at radius 1 is 1.25 bits per heavy atom. The Hall–Kier alpha value is -2.15. The van der Waals surface area contributed by atoms with E-state index < -0.39 is 0 Å². The number of halogens is 2. The van der Waals surface area contributed by atoms with Gasteiger partial charge in [-0.1, -0.05) is 30.3 Å². The van der Waals surface area contributed by atoms with Gasteiger partial charge in [0.1, 0.15) is 0 Å². The third-order valence-electron chi connectivity index (χ3n) is 4.79. The van der Waals surface area contributed by atoms with Gasteiger partial charge in [0.25, 0.3) is 5.91 Å². The molecule has 1 aliphatic rings. The second kappa shape index (κ2) is 9.37. The van der Waals surface area contributed by atoms with Gasteiger partial charge < -0.3 is 10.6 Å². The normalized spacial score (nSPS) is 13.5. The first-order chi connectivity index (χ1) is 12.6. The van der Waals surface area contributed by atoms with Crippen LogP contribution >= 0.6 is 24.8 Å². The lowest BCUT2D eigenvalue weighted by Crippen LogP contribution is -2.48. The number of amides is 1. The Kier molecular flexibility index (Phi) is 7.41. The van der Waals surface area contributed by atoms with Gasteiger partial charge in [-0.2, -0.15) is 5.10 Å². The lowest BCUT2D eigenvalue weighted by atomic mass is 10.0. The molecule has 28 heavy (non-hydrogen) atoms. The molecule has 8 heteroatoms. The summed E-state index contributed by atoms with van der Waals surface area (Å²) in [6, 6.07) is 12.0. The number of nitrogens with one attached hydrogen (secondary N) is 2. The Morgan fingerprint density at radius 2 is 1.96 bits per heavy atom. The van der Waals surface area contributed by atoms with Crippen LogP contribution in [0.1, 0.15) is 30.2 Å². The molecule has 2 N–H and O–H groups in total. The number of fused-ring (bicyclic) bond motifs is 1. The van der Waals surface area contributed by atoms with Crippen LogP contribution in [0.4, 0.5) is 0 Å². The van der Waals surface area contributed by atoms with E-state index >= 15 is 0 Å². The molecule has 2 aromatic heterocycles. The smallest absolute Gasteiger partial charge is 0.252 e. The van der Waals surface area contributed by atoms with E-state index in [1.54, 1.807) is 6.20 Å². The van der Waals surface area contributed by atoms with Crippen molar-refractivity contribution in [3.05, 3.63) is 48.2 Å². The predicted molar refractivity (Wildman–Crippen MR) is 117 cm³/mol. The van der Waals surface area contributed by atoms with E-state index in [4.69, 9.17) is 4.98 Å². The fourth-order valence-electron chi connectivity index (χ4n) is 3.17. The van der Waals surface area contributed by atoms with Crippen molar-refractivity contribution in [1.29, 1.82) is 0 Å². The molecule has 1 aromatic carbocycles. The molecule has 0 aliphatic carbocycles. The van der Waals surface area contributed by atoms with Gasteiger partial charge in [0.2, 0.25) is 0 Å². The molecule has 4 rings (SSSR count). The van der Waals surface area contributed by atoms with Crippen LogP contribution in [-0.4, -0.2) is 40.3 Å². The van der Waals surface area contributed by atoms with Gasteiger partial charge in [0.15, 0.2) is 5.65 Å². The summed E-state index contributed by atoms with van der Waals surface area (Å²) in [5, 5.41) is 11.5. The maximum Gasteiger partial charge on any atom is 0.252 e. The molecule has 1 aliphatic heterocycles. The number of benzene rings is 1. The summed E-state index contributed by atoms with van der Waals surface area (Å²) >= 11 is 0. The summed E-state index contributed by atoms with van der Waals surface area (Å²) in [7, 11) is 0. The minimum atomic E-state index is -0.0650. The number of aromatic nitrogens is 3. The number of nitrogens with zero attached hydrogens (tertiary/aromatic N) is 3. The number of carbonyl (C=O) groups excluding carboxylic acids is 1. The van der Waals surface area contributed by atoms with Gasteiger partial charge in [-0.25, -0.2) is 9.67 Å². The standard InChI is InChI=1S/C20H23N5O.2ClH/c1-13(2)25-19-17(12-23-25)16(20(26)22-11-14-9-21-10-14)8-18(24-19)15-6-4-3-5-7-15;;/h3-8,12-14,21H,9-11H2,1-2H3,(H,22,26);2*1H. The molecule has 0 spiro atoms. The topological polar surface area (TPSA) is 71.8 Å². The zero-order chi connectivity index (χ0) is 18.1. The number of hydrogen-bond acceptors (Lipinski definition) is 4. The van der Waals surface area contributed by atoms with Crippen LogP contribution in [0.25, 0.3) is 22.3 Å². The number of carbonyl (C=O) groups is 1. The number of rotatable bonds is 5. The second-order valence-corrected chi connectivity index (χ2v) is 7.08. The highest BCUT2D eigenvalue weighted by atomic mass is 35.5. The summed E-state index contributed by atoms with van der Waals surface area (Å²) in [6.07, 6.45) is 1.75. The second-order valence-electron chi connectivity index (χ2n) is 7.08. The molecule has 150 valence electrons. The molecule has 0 bridgehead atoms. The van der Waals surface area contributed by atoms with Crippen molar-refractivity contribution in [3.8, 4) is 11.3 Å². The zero-order valence-corrected chi connectivity index (χ0v) is 17.5. The van der Waals surface area contributed by atoms with E-state index in [0.29, 0.717) is 18.0 Å². The van der Waals surface area contributed by atoms with E-state index in [1.165, 1.54) is 0 Å². The van der Waals surface area contributed by atoms with Crippen LogP contribution in [-0.2, 0) is 0 Å². The van der Waals surface area contributed by atoms with Crippen LogP contribution in [0.15, 0.2) is 42.6 Å². The Morgan fingerprint density at radius 3 is 2.57 bits per heavy atom. The summed E-state index contributed by atoms with van der Waals surface area (Å²) < 4.78 is 1.87.